The number of aromatic nitrogens is 2. The fourth-order valence-electron chi connectivity index (χ4n) is 2.16. The van der Waals surface area contributed by atoms with E-state index in [1.165, 1.54) is 0 Å². The summed E-state index contributed by atoms with van der Waals surface area (Å²) in [4.78, 5) is 12.2. The van der Waals surface area contributed by atoms with Crippen molar-refractivity contribution in [1.82, 2.24) is 10.2 Å². The molecule has 120 valence electrons. The second-order valence-electron chi connectivity index (χ2n) is 5.20. The minimum Gasteiger partial charge on any atom is -0.339 e. The molecule has 2 aromatic carbocycles. The highest BCUT2D eigenvalue weighted by Crippen LogP contribution is 2.18. The van der Waals surface area contributed by atoms with E-state index >= 15 is 0 Å². The van der Waals surface area contributed by atoms with Gasteiger partial charge in [0.25, 0.3) is 5.91 Å². The van der Waals surface area contributed by atoms with Crippen LogP contribution in [0.5, 0.6) is 0 Å². The van der Waals surface area contributed by atoms with Crippen molar-refractivity contribution in [3.05, 3.63) is 76.8 Å². The van der Waals surface area contributed by atoms with E-state index in [9.17, 15) is 4.79 Å². The maximum Gasteiger partial charge on any atom is 0.257 e. The topological polar surface area (TPSA) is 66.9 Å². The zero-order valence-corrected chi connectivity index (χ0v) is 13.7. The molecule has 0 aliphatic heterocycles. The summed E-state index contributed by atoms with van der Waals surface area (Å²) in [6.45, 7) is 1.89. The number of carbonyl (C=O) groups is 1. The molecule has 0 spiro atoms. The van der Waals surface area contributed by atoms with Gasteiger partial charge in [-0.05, 0) is 55.0 Å². The number of amides is 1. The third-order valence-electron chi connectivity index (χ3n) is 3.41. The Morgan fingerprint density at radius 2 is 1.58 bits per heavy atom. The van der Waals surface area contributed by atoms with Gasteiger partial charge < -0.3 is 10.6 Å². The van der Waals surface area contributed by atoms with Crippen molar-refractivity contribution in [3.8, 4) is 0 Å². The van der Waals surface area contributed by atoms with Crippen molar-refractivity contribution in [3.63, 3.8) is 0 Å². The van der Waals surface area contributed by atoms with Gasteiger partial charge in [-0.3, -0.25) is 4.79 Å². The Hall–Kier alpha value is -2.92. The van der Waals surface area contributed by atoms with E-state index in [4.69, 9.17) is 11.6 Å². The Morgan fingerprint density at radius 1 is 0.917 bits per heavy atom. The Bertz CT molecular complexity index is 848. The van der Waals surface area contributed by atoms with Crippen molar-refractivity contribution >= 4 is 34.8 Å². The van der Waals surface area contributed by atoms with E-state index in [1.807, 2.05) is 37.3 Å². The molecule has 6 heteroatoms. The first-order valence-corrected chi connectivity index (χ1v) is 7.73. The molecule has 1 amide bonds. The number of nitrogens with zero attached hydrogens (tertiary/aromatic N) is 2. The van der Waals surface area contributed by atoms with Crippen molar-refractivity contribution in [2.45, 2.75) is 6.92 Å². The number of aryl methyl sites for hydroxylation is 1. The molecular formula is C18H15ClN4O. The van der Waals surface area contributed by atoms with Crippen LogP contribution in [0.25, 0.3) is 0 Å². The third kappa shape index (κ3) is 3.88. The highest BCUT2D eigenvalue weighted by atomic mass is 35.5. The Kier molecular flexibility index (Phi) is 4.72. The van der Waals surface area contributed by atoms with Crippen molar-refractivity contribution in [2.75, 3.05) is 10.6 Å². The zero-order valence-electron chi connectivity index (χ0n) is 13.0. The minimum absolute atomic E-state index is 0.208. The first-order valence-electron chi connectivity index (χ1n) is 7.35. The molecule has 24 heavy (non-hydrogen) atoms. The lowest BCUT2D eigenvalue weighted by atomic mass is 10.1. The number of halogens is 1. The number of rotatable bonds is 4. The molecule has 1 aromatic heterocycles. The summed E-state index contributed by atoms with van der Waals surface area (Å²) >= 11 is 5.85. The van der Waals surface area contributed by atoms with Gasteiger partial charge in [-0.2, -0.15) is 0 Å². The summed E-state index contributed by atoms with van der Waals surface area (Å²) < 4.78 is 0. The maximum absolute atomic E-state index is 12.2. The van der Waals surface area contributed by atoms with E-state index in [2.05, 4.69) is 20.8 Å². The van der Waals surface area contributed by atoms with Crippen LogP contribution in [0.3, 0.4) is 0 Å². The van der Waals surface area contributed by atoms with Gasteiger partial charge in [-0.1, -0.05) is 29.8 Å². The van der Waals surface area contributed by atoms with E-state index in [0.29, 0.717) is 22.2 Å². The van der Waals surface area contributed by atoms with E-state index < -0.39 is 0 Å². The minimum atomic E-state index is -0.208. The van der Waals surface area contributed by atoms with Crippen LogP contribution in [0.1, 0.15) is 15.9 Å². The second-order valence-corrected chi connectivity index (χ2v) is 5.64. The van der Waals surface area contributed by atoms with Gasteiger partial charge in [0.2, 0.25) is 0 Å². The molecule has 0 fully saturated rings. The maximum atomic E-state index is 12.2. The van der Waals surface area contributed by atoms with Crippen LogP contribution >= 0.6 is 11.6 Å². The molecular weight excluding hydrogens is 324 g/mol. The SMILES string of the molecule is Cc1ccccc1C(=O)Nc1ccc(Nc2ccc(Cl)cc2)nn1. The van der Waals surface area contributed by atoms with E-state index in [0.717, 1.165) is 11.3 Å². The summed E-state index contributed by atoms with van der Waals surface area (Å²) in [5.41, 5.74) is 2.37. The molecule has 0 unspecified atom stereocenters. The van der Waals surface area contributed by atoms with E-state index in [-0.39, 0.29) is 5.91 Å². The third-order valence-corrected chi connectivity index (χ3v) is 3.66. The molecule has 3 aromatic rings. The van der Waals surface area contributed by atoms with Crippen LogP contribution in [0.4, 0.5) is 17.3 Å². The summed E-state index contributed by atoms with van der Waals surface area (Å²) in [5, 5.41) is 14.6. The van der Waals surface area contributed by atoms with Gasteiger partial charge in [-0.15, -0.1) is 10.2 Å². The molecule has 1 heterocycles. The second kappa shape index (κ2) is 7.10. The molecule has 0 radical (unpaired) electrons. The van der Waals surface area contributed by atoms with Gasteiger partial charge in [0, 0.05) is 16.3 Å². The average Bonchev–Trinajstić information content (AvgIpc) is 2.59. The molecule has 0 aliphatic carbocycles. The lowest BCUT2D eigenvalue weighted by Gasteiger charge is -2.08. The number of anilines is 3. The lowest BCUT2D eigenvalue weighted by molar-refractivity contribution is 0.102. The zero-order chi connectivity index (χ0) is 16.9. The largest absolute Gasteiger partial charge is 0.339 e. The highest BCUT2D eigenvalue weighted by Gasteiger charge is 2.09. The molecule has 0 saturated carbocycles. The predicted molar refractivity (Wildman–Crippen MR) is 95.9 cm³/mol. The molecule has 2 N–H and O–H groups in total. The molecule has 5 nitrogen and oxygen atoms in total. The smallest absolute Gasteiger partial charge is 0.257 e. The Morgan fingerprint density at radius 3 is 2.25 bits per heavy atom. The van der Waals surface area contributed by atoms with Crippen LogP contribution in [-0.2, 0) is 0 Å². The van der Waals surface area contributed by atoms with Crippen LogP contribution in [0.15, 0.2) is 60.7 Å². The molecule has 0 saturated heterocycles. The normalized spacial score (nSPS) is 10.2. The lowest BCUT2D eigenvalue weighted by Crippen LogP contribution is -2.14. The van der Waals surface area contributed by atoms with Crippen LogP contribution in [0, 0.1) is 6.92 Å². The van der Waals surface area contributed by atoms with E-state index in [1.54, 1.807) is 30.3 Å². The number of hydrogen-bond donors (Lipinski definition) is 2. The monoisotopic (exact) mass is 338 g/mol. The number of benzene rings is 2. The summed E-state index contributed by atoms with van der Waals surface area (Å²) in [6.07, 6.45) is 0. The highest BCUT2D eigenvalue weighted by molar-refractivity contribution is 6.30. The van der Waals surface area contributed by atoms with Crippen LogP contribution in [-0.4, -0.2) is 16.1 Å². The Labute approximate surface area is 144 Å². The fraction of sp³-hybridized carbons (Fsp3) is 0.0556. The van der Waals surface area contributed by atoms with Crippen molar-refractivity contribution in [1.29, 1.82) is 0 Å². The summed E-state index contributed by atoms with van der Waals surface area (Å²) in [6, 6.07) is 18.1. The van der Waals surface area contributed by atoms with Crippen molar-refractivity contribution < 1.29 is 4.79 Å². The number of hydrogen-bond acceptors (Lipinski definition) is 4. The van der Waals surface area contributed by atoms with Gasteiger partial charge >= 0.3 is 0 Å². The average molecular weight is 339 g/mol. The van der Waals surface area contributed by atoms with Crippen LogP contribution < -0.4 is 10.6 Å². The fourth-order valence-corrected chi connectivity index (χ4v) is 2.28. The van der Waals surface area contributed by atoms with Crippen LogP contribution in [0.2, 0.25) is 5.02 Å². The first kappa shape index (κ1) is 16.0. The standard InChI is InChI=1S/C18H15ClN4O/c1-12-4-2-3-5-15(12)18(24)21-17-11-10-16(22-23-17)20-14-8-6-13(19)7-9-14/h2-11H,1H3,(H,20,22)(H,21,23,24). The molecule has 0 aliphatic rings. The number of carbonyl (C=O) groups excluding carboxylic acids is 1. The van der Waals surface area contributed by atoms with Gasteiger partial charge in [0.05, 0.1) is 0 Å². The predicted octanol–water partition coefficient (Wildman–Crippen LogP) is 4.43. The van der Waals surface area contributed by atoms with Crippen molar-refractivity contribution in [2.24, 2.45) is 0 Å². The molecule has 0 bridgehead atoms. The summed E-state index contributed by atoms with van der Waals surface area (Å²) in [5.74, 6) is 0.761. The number of nitrogens with one attached hydrogen (secondary N) is 2. The molecule has 3 rings (SSSR count). The summed E-state index contributed by atoms with van der Waals surface area (Å²) in [7, 11) is 0. The van der Waals surface area contributed by atoms with Gasteiger partial charge in [0.15, 0.2) is 11.6 Å². The van der Waals surface area contributed by atoms with Gasteiger partial charge in [-0.25, -0.2) is 0 Å². The quantitative estimate of drug-likeness (QED) is 0.738. The van der Waals surface area contributed by atoms with Gasteiger partial charge in [0.1, 0.15) is 0 Å². The first-order chi connectivity index (χ1) is 11.6. The molecule has 0 atom stereocenters. The Balaban J connectivity index is 1.67.